The molecule has 0 fully saturated rings. The van der Waals surface area contributed by atoms with E-state index in [9.17, 15) is 4.79 Å². The molecule has 1 aromatic carbocycles. The van der Waals surface area contributed by atoms with E-state index in [1.807, 2.05) is 12.1 Å². The number of rotatable bonds is 5. The monoisotopic (exact) mass is 305 g/mol. The Labute approximate surface area is 130 Å². The highest BCUT2D eigenvalue weighted by atomic mass is 35.5. The lowest BCUT2D eigenvalue weighted by Gasteiger charge is -2.07. The summed E-state index contributed by atoms with van der Waals surface area (Å²) in [6.45, 7) is 6.59. The molecule has 0 aliphatic carbocycles. The Hall–Kier alpha value is -1.74. The second-order valence-corrected chi connectivity index (χ2v) is 6.05. The van der Waals surface area contributed by atoms with Gasteiger partial charge in [0.2, 0.25) is 0 Å². The summed E-state index contributed by atoms with van der Waals surface area (Å²) in [5.74, 6) is 1.17. The van der Waals surface area contributed by atoms with Crippen molar-refractivity contribution in [2.24, 2.45) is 0 Å². The van der Waals surface area contributed by atoms with Crippen LogP contribution in [0.5, 0.6) is 0 Å². The molecule has 21 heavy (non-hydrogen) atoms. The Balaban J connectivity index is 1.94. The van der Waals surface area contributed by atoms with E-state index in [1.54, 1.807) is 19.1 Å². The summed E-state index contributed by atoms with van der Waals surface area (Å²) in [5, 5.41) is 2.60. The van der Waals surface area contributed by atoms with Crippen LogP contribution in [-0.2, 0) is 6.54 Å². The van der Waals surface area contributed by atoms with Gasteiger partial charge in [-0.3, -0.25) is 4.79 Å². The van der Waals surface area contributed by atoms with Crippen LogP contribution in [0.3, 0.4) is 0 Å². The van der Waals surface area contributed by atoms with Crippen LogP contribution in [-0.4, -0.2) is 5.91 Å². The molecule has 112 valence electrons. The van der Waals surface area contributed by atoms with Crippen molar-refractivity contribution in [1.29, 1.82) is 0 Å². The van der Waals surface area contributed by atoms with Gasteiger partial charge in [-0.2, -0.15) is 0 Å². The number of amides is 1. The van der Waals surface area contributed by atoms with Gasteiger partial charge in [0, 0.05) is 6.54 Å². The molecule has 0 aliphatic rings. The van der Waals surface area contributed by atoms with Crippen LogP contribution in [0.2, 0.25) is 0 Å². The van der Waals surface area contributed by atoms with Gasteiger partial charge in [-0.1, -0.05) is 38.1 Å². The number of hydrogen-bond acceptors (Lipinski definition) is 2. The van der Waals surface area contributed by atoms with Gasteiger partial charge in [-0.25, -0.2) is 0 Å². The Kier molecular flexibility index (Phi) is 5.07. The first-order valence-electron chi connectivity index (χ1n) is 7.08. The number of carbonyl (C=O) groups is 1. The minimum absolute atomic E-state index is 0.230. The van der Waals surface area contributed by atoms with E-state index in [-0.39, 0.29) is 17.0 Å². The molecule has 0 bridgehead atoms. The largest absolute Gasteiger partial charge is 0.454 e. The lowest BCUT2D eigenvalue weighted by atomic mass is 10.0. The number of halogens is 1. The van der Waals surface area contributed by atoms with Crippen molar-refractivity contribution in [3.63, 3.8) is 0 Å². The maximum absolute atomic E-state index is 12.0. The van der Waals surface area contributed by atoms with E-state index in [1.165, 1.54) is 5.56 Å². The fourth-order valence-corrected chi connectivity index (χ4v) is 2.10. The van der Waals surface area contributed by atoms with Gasteiger partial charge < -0.3 is 9.73 Å². The first-order chi connectivity index (χ1) is 9.97. The molecule has 1 aromatic heterocycles. The minimum Gasteiger partial charge on any atom is -0.454 e. The van der Waals surface area contributed by atoms with E-state index in [0.717, 1.165) is 5.56 Å². The van der Waals surface area contributed by atoms with Crippen LogP contribution in [0.25, 0.3) is 0 Å². The van der Waals surface area contributed by atoms with E-state index >= 15 is 0 Å². The van der Waals surface area contributed by atoms with Gasteiger partial charge in [-0.15, -0.1) is 11.6 Å². The maximum atomic E-state index is 12.0. The zero-order valence-electron chi connectivity index (χ0n) is 12.5. The number of hydrogen-bond donors (Lipinski definition) is 1. The molecule has 0 aliphatic heterocycles. The fourth-order valence-electron chi connectivity index (χ4n) is 1.98. The van der Waals surface area contributed by atoms with E-state index in [2.05, 4.69) is 31.3 Å². The SMILES string of the molecule is CC(C)c1ccc(CNC(=O)c2ccc(C(C)Cl)o2)cc1. The maximum Gasteiger partial charge on any atom is 0.287 e. The Morgan fingerprint density at radius 1 is 1.14 bits per heavy atom. The van der Waals surface area contributed by atoms with Gasteiger partial charge in [0.05, 0.1) is 5.38 Å². The van der Waals surface area contributed by atoms with Crippen molar-refractivity contribution < 1.29 is 9.21 Å². The lowest BCUT2D eigenvalue weighted by Crippen LogP contribution is -2.22. The van der Waals surface area contributed by atoms with Gasteiger partial charge in [0.15, 0.2) is 5.76 Å². The van der Waals surface area contributed by atoms with Crippen LogP contribution < -0.4 is 5.32 Å². The smallest absolute Gasteiger partial charge is 0.287 e. The van der Waals surface area contributed by atoms with Crippen LogP contribution in [0.15, 0.2) is 40.8 Å². The number of benzene rings is 1. The highest BCUT2D eigenvalue weighted by Gasteiger charge is 2.13. The third kappa shape index (κ3) is 4.11. The van der Waals surface area contributed by atoms with Crippen molar-refractivity contribution in [3.8, 4) is 0 Å². The first-order valence-corrected chi connectivity index (χ1v) is 7.52. The van der Waals surface area contributed by atoms with Crippen LogP contribution >= 0.6 is 11.6 Å². The fraction of sp³-hybridized carbons (Fsp3) is 0.353. The molecule has 1 amide bonds. The average molecular weight is 306 g/mol. The van der Waals surface area contributed by atoms with Crippen LogP contribution in [0.4, 0.5) is 0 Å². The normalized spacial score (nSPS) is 12.4. The van der Waals surface area contributed by atoms with E-state index in [0.29, 0.717) is 18.2 Å². The van der Waals surface area contributed by atoms with E-state index in [4.69, 9.17) is 16.0 Å². The topological polar surface area (TPSA) is 42.2 Å². The molecule has 2 rings (SSSR count). The molecule has 2 aromatic rings. The second kappa shape index (κ2) is 6.81. The third-order valence-electron chi connectivity index (χ3n) is 3.34. The van der Waals surface area contributed by atoms with Crippen LogP contribution in [0.1, 0.15) is 59.5 Å². The predicted molar refractivity (Wildman–Crippen MR) is 84.7 cm³/mol. The molecule has 1 atom stereocenters. The summed E-state index contributed by atoms with van der Waals surface area (Å²) in [6.07, 6.45) is 0. The molecular weight excluding hydrogens is 286 g/mol. The highest BCUT2D eigenvalue weighted by Crippen LogP contribution is 2.21. The number of nitrogens with one attached hydrogen (secondary N) is 1. The van der Waals surface area contributed by atoms with E-state index < -0.39 is 0 Å². The van der Waals surface area contributed by atoms with Crippen molar-refractivity contribution in [2.45, 2.75) is 38.6 Å². The lowest BCUT2D eigenvalue weighted by molar-refractivity contribution is 0.0921. The van der Waals surface area contributed by atoms with Gasteiger partial charge in [0.25, 0.3) is 5.91 Å². The predicted octanol–water partition coefficient (Wildman–Crippen LogP) is 4.63. The molecule has 0 saturated carbocycles. The molecular formula is C17H20ClNO2. The number of alkyl halides is 1. The quantitative estimate of drug-likeness (QED) is 0.818. The average Bonchev–Trinajstić information content (AvgIpc) is 2.95. The van der Waals surface area contributed by atoms with Crippen molar-refractivity contribution in [3.05, 3.63) is 59.0 Å². The summed E-state index contributed by atoms with van der Waals surface area (Å²) in [5.41, 5.74) is 2.35. The summed E-state index contributed by atoms with van der Waals surface area (Å²) in [4.78, 5) is 12.0. The molecule has 0 radical (unpaired) electrons. The van der Waals surface area contributed by atoms with Crippen molar-refractivity contribution >= 4 is 17.5 Å². The Morgan fingerprint density at radius 3 is 2.33 bits per heavy atom. The minimum atomic E-state index is -0.241. The van der Waals surface area contributed by atoms with Crippen LogP contribution in [0, 0.1) is 0 Å². The van der Waals surface area contributed by atoms with Crippen molar-refractivity contribution in [2.75, 3.05) is 0 Å². The van der Waals surface area contributed by atoms with Gasteiger partial charge in [-0.05, 0) is 36.1 Å². The Bertz CT molecular complexity index is 600. The molecule has 3 nitrogen and oxygen atoms in total. The molecule has 1 unspecified atom stereocenters. The summed E-state index contributed by atoms with van der Waals surface area (Å²) < 4.78 is 5.40. The molecule has 4 heteroatoms. The van der Waals surface area contributed by atoms with Gasteiger partial charge in [0.1, 0.15) is 5.76 Å². The standard InChI is InChI=1S/C17H20ClNO2/c1-11(2)14-6-4-13(5-7-14)10-19-17(20)16-9-8-15(21-16)12(3)18/h4-9,11-12H,10H2,1-3H3,(H,19,20). The Morgan fingerprint density at radius 2 is 1.81 bits per heavy atom. The molecule has 0 saturated heterocycles. The number of carbonyl (C=O) groups excluding carboxylic acids is 1. The van der Waals surface area contributed by atoms with Crippen molar-refractivity contribution in [1.82, 2.24) is 5.32 Å². The second-order valence-electron chi connectivity index (χ2n) is 5.40. The highest BCUT2D eigenvalue weighted by molar-refractivity contribution is 6.20. The summed E-state index contributed by atoms with van der Waals surface area (Å²) in [6, 6.07) is 11.6. The summed E-state index contributed by atoms with van der Waals surface area (Å²) >= 11 is 5.91. The molecule has 1 N–H and O–H groups in total. The first kappa shape index (κ1) is 15.6. The zero-order chi connectivity index (χ0) is 15.4. The third-order valence-corrected chi connectivity index (χ3v) is 3.56. The zero-order valence-corrected chi connectivity index (χ0v) is 13.3. The molecule has 0 spiro atoms. The summed E-state index contributed by atoms with van der Waals surface area (Å²) in [7, 11) is 0. The molecule has 1 heterocycles. The van der Waals surface area contributed by atoms with Gasteiger partial charge >= 0.3 is 0 Å². The number of furan rings is 1.